The van der Waals surface area contributed by atoms with Crippen LogP contribution in [0.4, 0.5) is 0 Å². The Hall–Kier alpha value is -4.00. The number of nitrogens with zero attached hydrogens (tertiary/aromatic N) is 1. The molecule has 7 heteroatoms. The molecule has 3 aromatic carbocycles. The molecule has 0 aromatic heterocycles. The Bertz CT molecular complexity index is 1070. The number of hydrazone groups is 1. The number of ether oxygens (including phenoxy) is 4. The molecule has 0 spiro atoms. The van der Waals surface area contributed by atoms with E-state index < -0.39 is 0 Å². The molecule has 0 aliphatic heterocycles. The summed E-state index contributed by atoms with van der Waals surface area (Å²) in [4.78, 5) is 12.5. The van der Waals surface area contributed by atoms with Crippen molar-refractivity contribution in [2.75, 3.05) is 20.8 Å². The largest absolute Gasteiger partial charge is 0.493 e. The molecule has 0 unspecified atom stereocenters. The van der Waals surface area contributed by atoms with Gasteiger partial charge in [0.2, 0.25) is 0 Å². The van der Waals surface area contributed by atoms with Crippen molar-refractivity contribution in [2.45, 2.75) is 13.5 Å². The van der Waals surface area contributed by atoms with Crippen LogP contribution in [0, 0.1) is 0 Å². The molecule has 1 amide bonds. The summed E-state index contributed by atoms with van der Waals surface area (Å²) in [7, 11) is 3.11. The molecular formula is C25H26N2O5. The van der Waals surface area contributed by atoms with Gasteiger partial charge >= 0.3 is 0 Å². The number of methoxy groups -OCH3 is 2. The molecule has 0 atom stereocenters. The first-order chi connectivity index (χ1) is 15.6. The first-order valence-corrected chi connectivity index (χ1v) is 10.1. The van der Waals surface area contributed by atoms with Crippen LogP contribution < -0.4 is 24.4 Å². The van der Waals surface area contributed by atoms with Crippen LogP contribution in [0.1, 0.15) is 28.4 Å². The zero-order valence-corrected chi connectivity index (χ0v) is 18.3. The van der Waals surface area contributed by atoms with Crippen molar-refractivity contribution in [3.63, 3.8) is 0 Å². The number of amides is 1. The van der Waals surface area contributed by atoms with Crippen molar-refractivity contribution >= 4 is 12.1 Å². The summed E-state index contributed by atoms with van der Waals surface area (Å²) >= 11 is 0. The predicted molar refractivity (Wildman–Crippen MR) is 123 cm³/mol. The molecule has 1 N–H and O–H groups in total. The topological polar surface area (TPSA) is 78.4 Å². The number of benzene rings is 3. The lowest BCUT2D eigenvalue weighted by Gasteiger charge is -2.12. The molecule has 166 valence electrons. The third kappa shape index (κ3) is 6.01. The minimum Gasteiger partial charge on any atom is -0.493 e. The highest BCUT2D eigenvalue weighted by Crippen LogP contribution is 2.29. The van der Waals surface area contributed by atoms with Gasteiger partial charge < -0.3 is 18.9 Å². The van der Waals surface area contributed by atoms with Gasteiger partial charge in [0.15, 0.2) is 23.0 Å². The number of hydrogen-bond acceptors (Lipinski definition) is 6. The Kier molecular flexibility index (Phi) is 8.09. The summed E-state index contributed by atoms with van der Waals surface area (Å²) in [5, 5.41) is 4.04. The van der Waals surface area contributed by atoms with Gasteiger partial charge in [0.25, 0.3) is 5.91 Å². The van der Waals surface area contributed by atoms with Crippen LogP contribution in [0.3, 0.4) is 0 Å². The molecule has 7 nitrogen and oxygen atoms in total. The van der Waals surface area contributed by atoms with Gasteiger partial charge in [0, 0.05) is 5.56 Å². The maximum Gasteiger partial charge on any atom is 0.271 e. The summed E-state index contributed by atoms with van der Waals surface area (Å²) in [6, 6.07) is 20.2. The molecule has 0 aliphatic rings. The van der Waals surface area contributed by atoms with E-state index in [0.29, 0.717) is 41.8 Å². The van der Waals surface area contributed by atoms with Crippen molar-refractivity contribution in [1.82, 2.24) is 5.43 Å². The Morgan fingerprint density at radius 1 is 0.875 bits per heavy atom. The molecule has 3 aromatic rings. The normalized spacial score (nSPS) is 10.6. The SMILES string of the molecule is CCOc1cc(/C=N/NC(=O)c2ccc(OCc3ccccc3)c(OC)c2)ccc1OC. The van der Waals surface area contributed by atoms with E-state index in [1.807, 2.05) is 43.3 Å². The number of hydrogen-bond donors (Lipinski definition) is 1. The van der Waals surface area contributed by atoms with Crippen LogP contribution in [-0.2, 0) is 6.61 Å². The highest BCUT2D eigenvalue weighted by atomic mass is 16.5. The fourth-order valence-electron chi connectivity index (χ4n) is 2.94. The standard InChI is InChI=1S/C25H26N2O5/c1-4-31-24-14-19(10-12-21(24)29-2)16-26-27-25(28)20-11-13-22(23(15-20)30-3)32-17-18-8-6-5-7-9-18/h5-16H,4,17H2,1-3H3,(H,27,28)/b26-16+. The quantitative estimate of drug-likeness (QED) is 0.377. The van der Waals surface area contributed by atoms with Crippen LogP contribution in [0.2, 0.25) is 0 Å². The summed E-state index contributed by atoms with van der Waals surface area (Å²) in [6.07, 6.45) is 1.54. The van der Waals surface area contributed by atoms with Crippen molar-refractivity contribution < 1.29 is 23.7 Å². The van der Waals surface area contributed by atoms with Crippen molar-refractivity contribution in [2.24, 2.45) is 5.10 Å². The zero-order chi connectivity index (χ0) is 22.8. The third-order valence-corrected chi connectivity index (χ3v) is 4.53. The molecule has 32 heavy (non-hydrogen) atoms. The Morgan fingerprint density at radius 3 is 2.34 bits per heavy atom. The molecular weight excluding hydrogens is 408 g/mol. The summed E-state index contributed by atoms with van der Waals surface area (Å²) in [5.74, 6) is 1.90. The molecule has 0 heterocycles. The van der Waals surface area contributed by atoms with Gasteiger partial charge in [-0.1, -0.05) is 30.3 Å². The lowest BCUT2D eigenvalue weighted by Crippen LogP contribution is -2.17. The fraction of sp³-hybridized carbons (Fsp3) is 0.200. The van der Waals surface area contributed by atoms with E-state index in [2.05, 4.69) is 10.5 Å². The molecule has 0 bridgehead atoms. The summed E-state index contributed by atoms with van der Waals surface area (Å²) < 4.78 is 22.0. The number of carbonyl (C=O) groups excluding carboxylic acids is 1. The monoisotopic (exact) mass is 434 g/mol. The average molecular weight is 434 g/mol. The smallest absolute Gasteiger partial charge is 0.271 e. The summed E-state index contributed by atoms with van der Waals surface area (Å²) in [6.45, 7) is 2.81. The number of carbonyl (C=O) groups is 1. The Balaban J connectivity index is 1.64. The number of rotatable bonds is 10. The van der Waals surface area contributed by atoms with Crippen LogP contribution in [-0.4, -0.2) is 32.9 Å². The van der Waals surface area contributed by atoms with E-state index in [0.717, 1.165) is 11.1 Å². The maximum atomic E-state index is 12.5. The van der Waals surface area contributed by atoms with Crippen molar-refractivity contribution in [1.29, 1.82) is 0 Å². The second-order valence-electron chi connectivity index (χ2n) is 6.68. The van der Waals surface area contributed by atoms with Gasteiger partial charge in [0.05, 0.1) is 27.0 Å². The molecule has 0 fully saturated rings. The Morgan fingerprint density at radius 2 is 1.62 bits per heavy atom. The predicted octanol–water partition coefficient (Wildman–Crippen LogP) is 4.45. The highest BCUT2D eigenvalue weighted by Gasteiger charge is 2.11. The van der Waals surface area contributed by atoms with E-state index in [-0.39, 0.29) is 5.91 Å². The fourth-order valence-corrected chi connectivity index (χ4v) is 2.94. The second-order valence-corrected chi connectivity index (χ2v) is 6.68. The van der Waals surface area contributed by atoms with Crippen LogP contribution in [0.5, 0.6) is 23.0 Å². The maximum absolute atomic E-state index is 12.5. The summed E-state index contributed by atoms with van der Waals surface area (Å²) in [5.41, 5.74) is 4.72. The van der Waals surface area contributed by atoms with Gasteiger partial charge in [-0.25, -0.2) is 5.43 Å². The van der Waals surface area contributed by atoms with E-state index in [1.54, 1.807) is 37.4 Å². The van der Waals surface area contributed by atoms with Crippen LogP contribution >= 0.6 is 0 Å². The van der Waals surface area contributed by atoms with E-state index >= 15 is 0 Å². The molecule has 0 radical (unpaired) electrons. The van der Waals surface area contributed by atoms with Gasteiger partial charge in [-0.3, -0.25) is 4.79 Å². The van der Waals surface area contributed by atoms with Gasteiger partial charge in [0.1, 0.15) is 6.61 Å². The minimum absolute atomic E-state index is 0.368. The number of nitrogens with one attached hydrogen (secondary N) is 1. The Labute approximate surface area is 187 Å². The van der Waals surface area contributed by atoms with E-state index in [1.165, 1.54) is 13.3 Å². The molecule has 3 rings (SSSR count). The lowest BCUT2D eigenvalue weighted by molar-refractivity contribution is 0.0954. The van der Waals surface area contributed by atoms with Gasteiger partial charge in [-0.2, -0.15) is 5.10 Å². The molecule has 0 saturated carbocycles. The first-order valence-electron chi connectivity index (χ1n) is 10.1. The molecule has 0 aliphatic carbocycles. The lowest BCUT2D eigenvalue weighted by atomic mass is 10.2. The van der Waals surface area contributed by atoms with Crippen LogP contribution in [0.25, 0.3) is 0 Å². The molecule has 0 saturated heterocycles. The van der Waals surface area contributed by atoms with Crippen LogP contribution in [0.15, 0.2) is 71.8 Å². The van der Waals surface area contributed by atoms with Gasteiger partial charge in [-0.05, 0) is 54.4 Å². The van der Waals surface area contributed by atoms with E-state index in [4.69, 9.17) is 18.9 Å². The first kappa shape index (κ1) is 22.7. The third-order valence-electron chi connectivity index (χ3n) is 4.53. The minimum atomic E-state index is -0.368. The van der Waals surface area contributed by atoms with Crippen molar-refractivity contribution in [3.8, 4) is 23.0 Å². The van der Waals surface area contributed by atoms with E-state index in [9.17, 15) is 4.79 Å². The van der Waals surface area contributed by atoms with Gasteiger partial charge in [-0.15, -0.1) is 0 Å². The van der Waals surface area contributed by atoms with Crippen molar-refractivity contribution in [3.05, 3.63) is 83.4 Å². The highest BCUT2D eigenvalue weighted by molar-refractivity contribution is 5.95. The average Bonchev–Trinajstić information content (AvgIpc) is 2.83. The second kappa shape index (κ2) is 11.4. The zero-order valence-electron chi connectivity index (χ0n) is 18.3.